The number of ether oxygens (including phenoxy) is 1. The van der Waals surface area contributed by atoms with Gasteiger partial charge in [0.1, 0.15) is 11.7 Å². The van der Waals surface area contributed by atoms with Crippen LogP contribution in [0.15, 0.2) is 33.5 Å². The second kappa shape index (κ2) is 7.24. The van der Waals surface area contributed by atoms with Gasteiger partial charge in [0, 0.05) is 6.07 Å². The summed E-state index contributed by atoms with van der Waals surface area (Å²) in [7, 11) is 0. The summed E-state index contributed by atoms with van der Waals surface area (Å²) < 4.78 is 9.77. The molecule has 0 amide bonds. The van der Waals surface area contributed by atoms with E-state index in [0.717, 1.165) is 6.07 Å². The average molecular weight is 336 g/mol. The quantitative estimate of drug-likeness (QED) is 0.661. The molecule has 0 fully saturated rings. The molecule has 8 nitrogen and oxygen atoms in total. The van der Waals surface area contributed by atoms with Crippen molar-refractivity contribution < 1.29 is 34.1 Å². The minimum Gasteiger partial charge on any atom is -0.475 e. The zero-order chi connectivity index (χ0) is 17.9. The lowest BCUT2D eigenvalue weighted by molar-refractivity contribution is -0.147. The highest BCUT2D eigenvalue weighted by Gasteiger charge is 2.23. The molecule has 0 aliphatic heterocycles. The van der Waals surface area contributed by atoms with Crippen LogP contribution in [0, 0.1) is 0 Å². The summed E-state index contributed by atoms with van der Waals surface area (Å²) in [6.07, 6.45) is -3.23. The van der Waals surface area contributed by atoms with Gasteiger partial charge in [0.25, 0.3) is 0 Å². The van der Waals surface area contributed by atoms with E-state index in [1.165, 1.54) is 18.2 Å². The van der Waals surface area contributed by atoms with E-state index in [-0.39, 0.29) is 23.1 Å². The maximum absolute atomic E-state index is 12.0. The number of aromatic carboxylic acids is 1. The van der Waals surface area contributed by atoms with Gasteiger partial charge in [-0.25, -0.2) is 4.79 Å². The lowest BCUT2D eigenvalue weighted by Gasteiger charge is -2.17. The van der Waals surface area contributed by atoms with Crippen LogP contribution < -0.4 is 5.43 Å². The molecule has 0 aliphatic rings. The maximum Gasteiger partial charge on any atom is 0.371 e. The monoisotopic (exact) mass is 336 g/mol. The van der Waals surface area contributed by atoms with Gasteiger partial charge < -0.3 is 24.5 Å². The number of aliphatic hydroxyl groups is 2. The Morgan fingerprint density at radius 2 is 1.96 bits per heavy atom. The lowest BCUT2D eigenvalue weighted by atomic mass is 10.0. The Morgan fingerprint density at radius 3 is 2.58 bits per heavy atom. The molecule has 2 atom stereocenters. The normalized spacial score (nSPS) is 13.5. The molecule has 0 saturated heterocycles. The van der Waals surface area contributed by atoms with Crippen molar-refractivity contribution in [1.82, 2.24) is 0 Å². The highest BCUT2D eigenvalue weighted by atomic mass is 16.5. The first-order valence-electron chi connectivity index (χ1n) is 7.16. The molecular formula is C16H16O8. The molecule has 0 aliphatic carbocycles. The number of esters is 1. The fraction of sp³-hybridized carbons (Fsp3) is 0.312. The van der Waals surface area contributed by atoms with Gasteiger partial charge in [0.05, 0.1) is 24.5 Å². The zero-order valence-electron chi connectivity index (χ0n) is 12.8. The second-order valence-corrected chi connectivity index (χ2v) is 5.06. The van der Waals surface area contributed by atoms with Crippen LogP contribution >= 0.6 is 0 Å². The molecule has 3 N–H and O–H groups in total. The van der Waals surface area contributed by atoms with Crippen molar-refractivity contribution in [1.29, 1.82) is 0 Å². The molecule has 0 radical (unpaired) electrons. The predicted molar refractivity (Wildman–Crippen MR) is 81.7 cm³/mol. The van der Waals surface area contributed by atoms with Gasteiger partial charge >= 0.3 is 11.9 Å². The Morgan fingerprint density at radius 1 is 1.25 bits per heavy atom. The Bertz CT molecular complexity index is 822. The highest BCUT2D eigenvalue weighted by molar-refractivity contribution is 5.87. The van der Waals surface area contributed by atoms with Crippen molar-refractivity contribution >= 4 is 22.9 Å². The van der Waals surface area contributed by atoms with Crippen molar-refractivity contribution in [3.8, 4) is 0 Å². The van der Waals surface area contributed by atoms with E-state index in [0.29, 0.717) is 0 Å². The van der Waals surface area contributed by atoms with Crippen LogP contribution in [-0.2, 0) is 9.53 Å². The van der Waals surface area contributed by atoms with Gasteiger partial charge in [0.15, 0.2) is 5.43 Å². The molecule has 1 aromatic carbocycles. The third kappa shape index (κ3) is 3.79. The number of benzene rings is 1. The van der Waals surface area contributed by atoms with Crippen LogP contribution in [0.4, 0.5) is 0 Å². The number of carbonyl (C=O) groups excluding carboxylic acids is 1. The van der Waals surface area contributed by atoms with E-state index in [1.807, 2.05) is 0 Å². The highest BCUT2D eigenvalue weighted by Crippen LogP contribution is 2.23. The number of carboxylic acid groups (broad SMARTS) is 1. The fourth-order valence-corrected chi connectivity index (χ4v) is 2.19. The summed E-state index contributed by atoms with van der Waals surface area (Å²) in [5.74, 6) is -2.53. The van der Waals surface area contributed by atoms with Gasteiger partial charge in [0.2, 0.25) is 5.76 Å². The SMILES string of the molecule is CCOC(=O)CC(O)C(O)c1ccc2oc(C(=O)O)cc(=O)c2c1. The molecule has 0 bridgehead atoms. The van der Waals surface area contributed by atoms with Crippen molar-refractivity contribution in [3.05, 3.63) is 45.8 Å². The van der Waals surface area contributed by atoms with Gasteiger partial charge in [-0.3, -0.25) is 9.59 Å². The number of hydrogen-bond donors (Lipinski definition) is 3. The molecule has 2 aromatic rings. The summed E-state index contributed by atoms with van der Waals surface area (Å²) in [6.45, 7) is 1.78. The number of aliphatic hydroxyl groups excluding tert-OH is 2. The summed E-state index contributed by atoms with van der Waals surface area (Å²) in [6, 6.07) is 4.80. The minimum atomic E-state index is -1.42. The van der Waals surface area contributed by atoms with Gasteiger partial charge in [-0.05, 0) is 24.6 Å². The number of fused-ring (bicyclic) bond motifs is 1. The van der Waals surface area contributed by atoms with Gasteiger partial charge in [-0.15, -0.1) is 0 Å². The zero-order valence-corrected chi connectivity index (χ0v) is 12.8. The molecule has 1 aromatic heterocycles. The van der Waals surface area contributed by atoms with E-state index in [9.17, 15) is 24.6 Å². The smallest absolute Gasteiger partial charge is 0.371 e. The van der Waals surface area contributed by atoms with E-state index in [1.54, 1.807) is 6.92 Å². The van der Waals surface area contributed by atoms with Crippen LogP contribution in [0.1, 0.15) is 35.6 Å². The predicted octanol–water partition coefficient (Wildman–Crippen LogP) is 0.839. The molecule has 8 heteroatoms. The second-order valence-electron chi connectivity index (χ2n) is 5.06. The largest absolute Gasteiger partial charge is 0.475 e. The van der Waals surface area contributed by atoms with Crippen LogP contribution in [0.2, 0.25) is 0 Å². The van der Waals surface area contributed by atoms with Crippen molar-refractivity contribution in [3.63, 3.8) is 0 Å². The van der Waals surface area contributed by atoms with Crippen molar-refractivity contribution in [2.75, 3.05) is 6.61 Å². The molecule has 0 spiro atoms. The lowest BCUT2D eigenvalue weighted by Crippen LogP contribution is -2.23. The molecule has 2 unspecified atom stereocenters. The number of hydrogen-bond acceptors (Lipinski definition) is 7. The van der Waals surface area contributed by atoms with E-state index in [4.69, 9.17) is 14.3 Å². The Kier molecular flexibility index (Phi) is 5.32. The molecule has 128 valence electrons. The number of carbonyl (C=O) groups is 2. The van der Waals surface area contributed by atoms with Crippen LogP contribution in [0.5, 0.6) is 0 Å². The molecule has 1 heterocycles. The number of carboxylic acids is 1. The number of rotatable bonds is 6. The Hall–Kier alpha value is -2.71. The first kappa shape index (κ1) is 17.6. The standard InChI is InChI=1S/C16H16O8/c1-2-23-14(19)7-11(18)15(20)8-3-4-12-9(5-8)10(17)6-13(24-12)16(21)22/h3-6,11,15,18,20H,2,7H2,1H3,(H,21,22). The fourth-order valence-electron chi connectivity index (χ4n) is 2.19. The summed E-state index contributed by atoms with van der Waals surface area (Å²) in [5.41, 5.74) is -0.368. The minimum absolute atomic E-state index is 0.0377. The maximum atomic E-state index is 12.0. The first-order valence-corrected chi connectivity index (χ1v) is 7.16. The first-order chi connectivity index (χ1) is 11.3. The molecule has 2 rings (SSSR count). The third-order valence-electron chi connectivity index (χ3n) is 3.35. The third-order valence-corrected chi connectivity index (χ3v) is 3.35. The average Bonchev–Trinajstić information content (AvgIpc) is 2.53. The van der Waals surface area contributed by atoms with Crippen molar-refractivity contribution in [2.45, 2.75) is 25.6 Å². The van der Waals surface area contributed by atoms with Crippen molar-refractivity contribution in [2.24, 2.45) is 0 Å². The Balaban J connectivity index is 2.31. The summed E-state index contributed by atoms with van der Waals surface area (Å²) in [4.78, 5) is 34.2. The molecule has 0 saturated carbocycles. The Labute approximate surface area is 135 Å². The van der Waals surface area contributed by atoms with E-state index >= 15 is 0 Å². The molecular weight excluding hydrogens is 320 g/mol. The molecule has 24 heavy (non-hydrogen) atoms. The summed E-state index contributed by atoms with van der Waals surface area (Å²) >= 11 is 0. The topological polar surface area (TPSA) is 134 Å². The van der Waals surface area contributed by atoms with Gasteiger partial charge in [-0.2, -0.15) is 0 Å². The van der Waals surface area contributed by atoms with E-state index < -0.39 is 41.8 Å². The summed E-state index contributed by atoms with van der Waals surface area (Å²) in [5, 5.41) is 28.9. The van der Waals surface area contributed by atoms with E-state index in [2.05, 4.69) is 0 Å². The van der Waals surface area contributed by atoms with Crippen LogP contribution in [-0.4, -0.2) is 40.0 Å². The van der Waals surface area contributed by atoms with Crippen LogP contribution in [0.3, 0.4) is 0 Å². The van der Waals surface area contributed by atoms with Crippen LogP contribution in [0.25, 0.3) is 11.0 Å². The van der Waals surface area contributed by atoms with Gasteiger partial charge in [-0.1, -0.05) is 6.07 Å².